The largest absolute Gasteiger partial charge is 0.490 e. The molecule has 1 aromatic carbocycles. The topological polar surface area (TPSA) is 53.7 Å². The Hall–Kier alpha value is -1.47. The highest BCUT2D eigenvalue weighted by Gasteiger charge is 2.27. The van der Waals surface area contributed by atoms with Gasteiger partial charge < -0.3 is 19.9 Å². The van der Waals surface area contributed by atoms with Crippen molar-refractivity contribution in [3.8, 4) is 11.5 Å². The SMILES string of the molecule is CCOc1cc(CN)ccc1OCCCOCC(F)(F)F. The number of halogens is 3. The number of rotatable bonds is 9. The van der Waals surface area contributed by atoms with E-state index in [1.54, 1.807) is 12.1 Å². The molecule has 7 heteroatoms. The molecule has 0 heterocycles. The molecule has 0 aliphatic rings. The maximum atomic E-state index is 11.9. The van der Waals surface area contributed by atoms with Crippen LogP contribution < -0.4 is 15.2 Å². The summed E-state index contributed by atoms with van der Waals surface area (Å²) in [6, 6.07) is 5.35. The van der Waals surface area contributed by atoms with Gasteiger partial charge in [0.05, 0.1) is 19.8 Å². The van der Waals surface area contributed by atoms with E-state index in [2.05, 4.69) is 4.74 Å². The predicted molar refractivity (Wildman–Crippen MR) is 72.5 cm³/mol. The maximum absolute atomic E-state index is 11.9. The summed E-state index contributed by atoms with van der Waals surface area (Å²) in [5.41, 5.74) is 6.47. The number of nitrogens with two attached hydrogens (primary N) is 1. The van der Waals surface area contributed by atoms with Gasteiger partial charge in [-0.1, -0.05) is 6.07 Å². The molecular weight excluding hydrogens is 287 g/mol. The van der Waals surface area contributed by atoms with E-state index in [1.165, 1.54) is 0 Å². The highest BCUT2D eigenvalue weighted by atomic mass is 19.4. The minimum Gasteiger partial charge on any atom is -0.490 e. The second kappa shape index (κ2) is 8.74. The molecule has 1 aromatic rings. The minimum atomic E-state index is -4.29. The van der Waals surface area contributed by atoms with E-state index in [-0.39, 0.29) is 13.2 Å². The quantitative estimate of drug-likeness (QED) is 0.713. The second-order valence-corrected chi connectivity index (χ2v) is 4.29. The molecule has 0 amide bonds. The summed E-state index contributed by atoms with van der Waals surface area (Å²) in [4.78, 5) is 0. The lowest BCUT2D eigenvalue weighted by molar-refractivity contribution is -0.174. The minimum absolute atomic E-state index is 0.00956. The van der Waals surface area contributed by atoms with Gasteiger partial charge in [-0.2, -0.15) is 13.2 Å². The third kappa shape index (κ3) is 7.19. The van der Waals surface area contributed by atoms with E-state index in [0.29, 0.717) is 31.1 Å². The zero-order valence-corrected chi connectivity index (χ0v) is 11.9. The van der Waals surface area contributed by atoms with E-state index in [4.69, 9.17) is 15.2 Å². The average Bonchev–Trinajstić information content (AvgIpc) is 2.43. The molecule has 0 unspecified atom stereocenters. The fourth-order valence-corrected chi connectivity index (χ4v) is 1.60. The summed E-state index contributed by atoms with van der Waals surface area (Å²) in [7, 11) is 0. The molecule has 0 radical (unpaired) electrons. The van der Waals surface area contributed by atoms with Crippen LogP contribution in [-0.2, 0) is 11.3 Å². The van der Waals surface area contributed by atoms with Crippen LogP contribution in [0.3, 0.4) is 0 Å². The molecule has 0 aromatic heterocycles. The highest BCUT2D eigenvalue weighted by Crippen LogP contribution is 2.28. The average molecular weight is 307 g/mol. The number of hydrogen-bond acceptors (Lipinski definition) is 4. The first kappa shape index (κ1) is 17.6. The Bertz CT molecular complexity index is 424. The Labute approximate surface area is 122 Å². The van der Waals surface area contributed by atoms with Crippen molar-refractivity contribution in [2.75, 3.05) is 26.4 Å². The van der Waals surface area contributed by atoms with Crippen LogP contribution in [0.4, 0.5) is 13.2 Å². The Morgan fingerprint density at radius 3 is 2.48 bits per heavy atom. The van der Waals surface area contributed by atoms with Gasteiger partial charge in [-0.25, -0.2) is 0 Å². The molecule has 0 saturated carbocycles. The van der Waals surface area contributed by atoms with Gasteiger partial charge in [0.25, 0.3) is 0 Å². The van der Waals surface area contributed by atoms with Gasteiger partial charge in [-0.3, -0.25) is 0 Å². The Kier molecular flexibility index (Phi) is 7.31. The van der Waals surface area contributed by atoms with Gasteiger partial charge in [-0.05, 0) is 24.6 Å². The monoisotopic (exact) mass is 307 g/mol. The molecule has 0 bridgehead atoms. The molecule has 0 spiro atoms. The zero-order chi connectivity index (χ0) is 15.7. The van der Waals surface area contributed by atoms with Crippen LogP contribution in [0, 0.1) is 0 Å². The second-order valence-electron chi connectivity index (χ2n) is 4.29. The Morgan fingerprint density at radius 2 is 1.86 bits per heavy atom. The lowest BCUT2D eigenvalue weighted by atomic mass is 10.2. The number of ether oxygens (including phenoxy) is 3. The lowest BCUT2D eigenvalue weighted by Crippen LogP contribution is -2.18. The first-order valence-corrected chi connectivity index (χ1v) is 6.69. The van der Waals surface area contributed by atoms with Crippen molar-refractivity contribution < 1.29 is 27.4 Å². The molecule has 4 nitrogen and oxygen atoms in total. The highest BCUT2D eigenvalue weighted by molar-refractivity contribution is 5.43. The number of alkyl halides is 3. The fraction of sp³-hybridized carbons (Fsp3) is 0.571. The summed E-state index contributed by atoms with van der Waals surface area (Å²) in [5, 5.41) is 0. The summed E-state index contributed by atoms with van der Waals surface area (Å²) < 4.78 is 51.0. The molecule has 0 saturated heterocycles. The van der Waals surface area contributed by atoms with Crippen LogP contribution >= 0.6 is 0 Å². The Morgan fingerprint density at radius 1 is 1.10 bits per heavy atom. The third-order valence-electron chi connectivity index (χ3n) is 2.50. The van der Waals surface area contributed by atoms with Crippen LogP contribution in [-0.4, -0.2) is 32.6 Å². The van der Waals surface area contributed by atoms with Gasteiger partial charge in [0.2, 0.25) is 0 Å². The van der Waals surface area contributed by atoms with Crippen molar-refractivity contribution in [3.63, 3.8) is 0 Å². The number of hydrogen-bond donors (Lipinski definition) is 1. The van der Waals surface area contributed by atoms with Gasteiger partial charge in [0.15, 0.2) is 11.5 Å². The van der Waals surface area contributed by atoms with Gasteiger partial charge in [-0.15, -0.1) is 0 Å². The molecule has 1 rings (SSSR count). The zero-order valence-electron chi connectivity index (χ0n) is 11.9. The molecule has 0 aliphatic heterocycles. The van der Waals surface area contributed by atoms with Crippen LogP contribution in [0.2, 0.25) is 0 Å². The molecule has 0 atom stereocenters. The van der Waals surface area contributed by atoms with Crippen molar-refractivity contribution in [2.45, 2.75) is 26.1 Å². The van der Waals surface area contributed by atoms with E-state index in [9.17, 15) is 13.2 Å². The molecular formula is C14H20F3NO3. The van der Waals surface area contributed by atoms with Gasteiger partial charge in [0.1, 0.15) is 6.61 Å². The van der Waals surface area contributed by atoms with Crippen molar-refractivity contribution in [1.82, 2.24) is 0 Å². The van der Waals surface area contributed by atoms with Crippen molar-refractivity contribution in [1.29, 1.82) is 0 Å². The first-order chi connectivity index (χ1) is 9.96. The smallest absolute Gasteiger partial charge is 0.411 e. The first-order valence-electron chi connectivity index (χ1n) is 6.69. The number of benzene rings is 1. The van der Waals surface area contributed by atoms with Crippen molar-refractivity contribution in [3.05, 3.63) is 23.8 Å². The van der Waals surface area contributed by atoms with E-state index >= 15 is 0 Å². The van der Waals surface area contributed by atoms with E-state index < -0.39 is 12.8 Å². The van der Waals surface area contributed by atoms with Crippen LogP contribution in [0.5, 0.6) is 11.5 Å². The standard InChI is InChI=1S/C14H20F3NO3/c1-2-20-13-8-11(9-18)4-5-12(13)21-7-3-6-19-10-14(15,16)17/h4-5,8H,2-3,6-7,9-10,18H2,1H3. The maximum Gasteiger partial charge on any atom is 0.411 e. The fourth-order valence-electron chi connectivity index (χ4n) is 1.60. The van der Waals surface area contributed by atoms with Crippen molar-refractivity contribution in [2.24, 2.45) is 5.73 Å². The molecule has 0 fully saturated rings. The molecule has 120 valence electrons. The van der Waals surface area contributed by atoms with Crippen LogP contribution in [0.1, 0.15) is 18.9 Å². The lowest BCUT2D eigenvalue weighted by Gasteiger charge is -2.13. The molecule has 21 heavy (non-hydrogen) atoms. The van der Waals surface area contributed by atoms with Gasteiger partial charge >= 0.3 is 6.18 Å². The summed E-state index contributed by atoms with van der Waals surface area (Å²) in [6.45, 7) is 1.74. The van der Waals surface area contributed by atoms with Crippen LogP contribution in [0.15, 0.2) is 18.2 Å². The molecule has 0 aliphatic carbocycles. The summed E-state index contributed by atoms with van der Waals surface area (Å²) >= 11 is 0. The summed E-state index contributed by atoms with van der Waals surface area (Å²) in [6.07, 6.45) is -3.93. The predicted octanol–water partition coefficient (Wildman–Crippen LogP) is 2.89. The van der Waals surface area contributed by atoms with E-state index in [0.717, 1.165) is 5.56 Å². The third-order valence-corrected chi connectivity index (χ3v) is 2.50. The molecule has 2 N–H and O–H groups in total. The van der Waals surface area contributed by atoms with E-state index in [1.807, 2.05) is 13.0 Å². The van der Waals surface area contributed by atoms with Crippen LogP contribution in [0.25, 0.3) is 0 Å². The summed E-state index contributed by atoms with van der Waals surface area (Å²) in [5.74, 6) is 1.13. The Balaban J connectivity index is 2.37. The van der Waals surface area contributed by atoms with Crippen molar-refractivity contribution >= 4 is 0 Å². The normalized spacial score (nSPS) is 11.5. The van der Waals surface area contributed by atoms with Gasteiger partial charge in [0, 0.05) is 13.0 Å².